The van der Waals surface area contributed by atoms with Gasteiger partial charge in [-0.2, -0.15) is 0 Å². The molecule has 0 saturated carbocycles. The van der Waals surface area contributed by atoms with Gasteiger partial charge in [0.05, 0.1) is 12.2 Å². The van der Waals surface area contributed by atoms with Crippen molar-refractivity contribution in [2.75, 3.05) is 6.54 Å². The summed E-state index contributed by atoms with van der Waals surface area (Å²) in [6, 6.07) is 2.40. The summed E-state index contributed by atoms with van der Waals surface area (Å²) in [7, 11) is 0. The Kier molecular flexibility index (Phi) is 4.81. The first-order valence-corrected chi connectivity index (χ1v) is 9.59. The lowest BCUT2D eigenvalue weighted by atomic mass is 9.94. The monoisotopic (exact) mass is 346 g/mol. The summed E-state index contributed by atoms with van der Waals surface area (Å²) >= 11 is 1.81. The lowest BCUT2D eigenvalue weighted by Gasteiger charge is -2.35. The zero-order valence-corrected chi connectivity index (χ0v) is 15.8. The van der Waals surface area contributed by atoms with Gasteiger partial charge in [-0.3, -0.25) is 4.79 Å². The zero-order chi connectivity index (χ0) is 17.3. The van der Waals surface area contributed by atoms with Crippen LogP contribution in [0.5, 0.6) is 0 Å². The van der Waals surface area contributed by atoms with Crippen molar-refractivity contribution < 1.29 is 9.21 Å². The Morgan fingerprint density at radius 1 is 1.46 bits per heavy atom. The van der Waals surface area contributed by atoms with E-state index in [4.69, 9.17) is 4.42 Å². The maximum atomic E-state index is 12.7. The van der Waals surface area contributed by atoms with Crippen LogP contribution >= 0.6 is 11.3 Å². The number of rotatable bonds is 4. The topological polar surface area (TPSA) is 46.3 Å². The normalized spacial score (nSPS) is 17.8. The van der Waals surface area contributed by atoms with Crippen molar-refractivity contribution in [3.05, 3.63) is 39.7 Å². The Labute approximate surface area is 147 Å². The van der Waals surface area contributed by atoms with Crippen LogP contribution in [0.4, 0.5) is 0 Å². The first-order chi connectivity index (χ1) is 11.4. The van der Waals surface area contributed by atoms with Crippen molar-refractivity contribution in [1.29, 1.82) is 0 Å². The van der Waals surface area contributed by atoms with Crippen molar-refractivity contribution in [2.24, 2.45) is 0 Å². The number of carbonyl (C=O) groups excluding carboxylic acids is 1. The van der Waals surface area contributed by atoms with Gasteiger partial charge >= 0.3 is 0 Å². The molecule has 3 heterocycles. The molecular weight excluding hydrogens is 320 g/mol. The van der Waals surface area contributed by atoms with E-state index in [1.54, 1.807) is 6.20 Å². The Morgan fingerprint density at radius 2 is 2.25 bits per heavy atom. The number of aryl methyl sites for hydroxylation is 1. The molecule has 0 saturated heterocycles. The van der Waals surface area contributed by atoms with E-state index in [0.717, 1.165) is 25.1 Å². The van der Waals surface area contributed by atoms with Crippen molar-refractivity contribution in [3.8, 4) is 0 Å². The van der Waals surface area contributed by atoms with Crippen LogP contribution in [0.25, 0.3) is 0 Å². The van der Waals surface area contributed by atoms with Crippen LogP contribution in [0.3, 0.4) is 0 Å². The third kappa shape index (κ3) is 3.41. The second kappa shape index (κ2) is 6.71. The van der Waals surface area contributed by atoms with E-state index < -0.39 is 0 Å². The van der Waals surface area contributed by atoms with Crippen LogP contribution < -0.4 is 0 Å². The summed E-state index contributed by atoms with van der Waals surface area (Å²) < 4.78 is 5.80. The Balaban J connectivity index is 1.64. The van der Waals surface area contributed by atoms with E-state index in [1.807, 2.05) is 16.2 Å². The minimum absolute atomic E-state index is 0.0508. The summed E-state index contributed by atoms with van der Waals surface area (Å²) in [5.41, 5.74) is 1.29. The average Bonchev–Trinajstić information content (AvgIpc) is 3.19. The number of thiophene rings is 1. The van der Waals surface area contributed by atoms with Crippen molar-refractivity contribution in [3.63, 3.8) is 0 Å². The minimum atomic E-state index is -0.0508. The third-order valence-corrected chi connectivity index (χ3v) is 5.64. The molecule has 1 atom stereocenters. The molecule has 5 heteroatoms. The summed E-state index contributed by atoms with van der Waals surface area (Å²) in [4.78, 5) is 20.5. The van der Waals surface area contributed by atoms with Crippen LogP contribution in [-0.4, -0.2) is 22.3 Å². The van der Waals surface area contributed by atoms with E-state index in [2.05, 4.69) is 44.1 Å². The summed E-state index contributed by atoms with van der Waals surface area (Å²) in [6.07, 6.45) is 4.75. The molecule has 3 rings (SSSR count). The highest BCUT2D eigenvalue weighted by atomic mass is 32.1. The summed E-state index contributed by atoms with van der Waals surface area (Å²) in [5, 5.41) is 2.14. The van der Waals surface area contributed by atoms with Gasteiger partial charge in [0, 0.05) is 29.7 Å². The number of nitrogens with zero attached hydrogens (tertiary/aromatic N) is 2. The Hall–Kier alpha value is -1.62. The van der Waals surface area contributed by atoms with Crippen LogP contribution in [0.15, 0.2) is 22.1 Å². The Bertz CT molecular complexity index is 711. The molecule has 130 valence electrons. The number of oxazole rings is 1. The van der Waals surface area contributed by atoms with Gasteiger partial charge < -0.3 is 9.32 Å². The quantitative estimate of drug-likeness (QED) is 0.819. The SMILES string of the molecule is CCC1c2ccsc2CCN1C(=O)CCc1ncc(C(C)(C)C)o1. The fourth-order valence-corrected chi connectivity index (χ4v) is 4.19. The summed E-state index contributed by atoms with van der Waals surface area (Å²) in [6.45, 7) is 9.27. The second-order valence-electron chi connectivity index (χ2n) is 7.43. The van der Waals surface area contributed by atoms with Crippen LogP contribution in [0.2, 0.25) is 0 Å². The highest BCUT2D eigenvalue weighted by molar-refractivity contribution is 7.10. The fourth-order valence-electron chi connectivity index (χ4n) is 3.27. The number of aromatic nitrogens is 1. The van der Waals surface area contributed by atoms with Crippen molar-refractivity contribution in [1.82, 2.24) is 9.88 Å². The van der Waals surface area contributed by atoms with Gasteiger partial charge in [-0.1, -0.05) is 27.7 Å². The van der Waals surface area contributed by atoms with E-state index in [9.17, 15) is 4.79 Å². The molecule has 24 heavy (non-hydrogen) atoms. The standard InChI is InChI=1S/C19H26N2O2S/c1-5-14-13-9-11-24-15(13)8-10-21(14)18(22)7-6-17-20-12-16(23-17)19(2,3)4/h9,11-12,14H,5-8,10H2,1-4H3. The molecule has 1 aliphatic heterocycles. The van der Waals surface area contributed by atoms with Gasteiger partial charge in [0.1, 0.15) is 5.76 Å². The van der Waals surface area contributed by atoms with Crippen molar-refractivity contribution in [2.45, 2.75) is 64.8 Å². The van der Waals surface area contributed by atoms with Crippen LogP contribution in [-0.2, 0) is 23.1 Å². The maximum Gasteiger partial charge on any atom is 0.223 e. The first kappa shape index (κ1) is 17.2. The van der Waals surface area contributed by atoms with Crippen LogP contribution in [0, 0.1) is 0 Å². The number of hydrogen-bond acceptors (Lipinski definition) is 4. The lowest BCUT2D eigenvalue weighted by Crippen LogP contribution is -2.39. The van der Waals surface area contributed by atoms with Gasteiger partial charge in [-0.05, 0) is 29.9 Å². The Morgan fingerprint density at radius 3 is 2.92 bits per heavy atom. The fraction of sp³-hybridized carbons (Fsp3) is 0.579. The van der Waals surface area contributed by atoms with E-state index in [-0.39, 0.29) is 17.4 Å². The molecule has 1 unspecified atom stereocenters. The third-order valence-electron chi connectivity index (χ3n) is 4.65. The van der Waals surface area contributed by atoms with E-state index in [1.165, 1.54) is 10.4 Å². The number of hydrogen-bond donors (Lipinski definition) is 0. The molecule has 0 aromatic carbocycles. The first-order valence-electron chi connectivity index (χ1n) is 8.71. The van der Waals surface area contributed by atoms with E-state index in [0.29, 0.717) is 18.7 Å². The molecule has 1 amide bonds. The maximum absolute atomic E-state index is 12.7. The number of fused-ring (bicyclic) bond motifs is 1. The second-order valence-corrected chi connectivity index (χ2v) is 8.43. The molecular formula is C19H26N2O2S. The molecule has 4 nitrogen and oxygen atoms in total. The molecule has 0 radical (unpaired) electrons. The van der Waals surface area contributed by atoms with Crippen LogP contribution in [0.1, 0.15) is 68.7 Å². The molecule has 1 aliphatic rings. The van der Waals surface area contributed by atoms with Gasteiger partial charge in [-0.15, -0.1) is 11.3 Å². The predicted octanol–water partition coefficient (Wildman–Crippen LogP) is 4.50. The minimum Gasteiger partial charge on any atom is -0.445 e. The molecule has 0 N–H and O–H groups in total. The van der Waals surface area contributed by atoms with Crippen molar-refractivity contribution >= 4 is 17.2 Å². The molecule has 2 aromatic heterocycles. The zero-order valence-electron chi connectivity index (χ0n) is 15.0. The predicted molar refractivity (Wildman–Crippen MR) is 96.3 cm³/mol. The summed E-state index contributed by atoms with van der Waals surface area (Å²) in [5.74, 6) is 1.74. The van der Waals surface area contributed by atoms with Gasteiger partial charge in [-0.25, -0.2) is 4.98 Å². The number of amides is 1. The average molecular weight is 346 g/mol. The number of carbonyl (C=O) groups is 1. The van der Waals surface area contributed by atoms with Gasteiger partial charge in [0.15, 0.2) is 5.89 Å². The molecule has 0 spiro atoms. The molecule has 0 bridgehead atoms. The van der Waals surface area contributed by atoms with Gasteiger partial charge in [0.2, 0.25) is 5.91 Å². The highest BCUT2D eigenvalue weighted by Crippen LogP contribution is 2.35. The lowest BCUT2D eigenvalue weighted by molar-refractivity contribution is -0.134. The van der Waals surface area contributed by atoms with E-state index >= 15 is 0 Å². The highest BCUT2D eigenvalue weighted by Gasteiger charge is 2.30. The molecule has 2 aromatic rings. The molecule has 0 aliphatic carbocycles. The van der Waals surface area contributed by atoms with Gasteiger partial charge in [0.25, 0.3) is 0 Å². The smallest absolute Gasteiger partial charge is 0.223 e. The largest absolute Gasteiger partial charge is 0.445 e. The molecule has 0 fully saturated rings.